The van der Waals surface area contributed by atoms with Crippen molar-refractivity contribution in [3.8, 4) is 0 Å². The molecule has 3 amide bonds. The Morgan fingerprint density at radius 2 is 1.81 bits per heavy atom. The number of nitrogens with zero attached hydrogens (tertiary/aromatic N) is 3. The number of benzene rings is 1. The molecular weight excluding hydrogens is 432 g/mol. The van der Waals surface area contributed by atoms with E-state index in [4.69, 9.17) is 4.74 Å². The molecule has 4 rings (SSSR count). The lowest BCUT2D eigenvalue weighted by molar-refractivity contribution is -0.130. The van der Waals surface area contributed by atoms with Crippen LogP contribution < -0.4 is 21.1 Å². The third kappa shape index (κ3) is 4.94. The Morgan fingerprint density at radius 3 is 2.50 bits per heavy atom. The van der Waals surface area contributed by atoms with Crippen LogP contribution in [0.4, 0.5) is 10.5 Å². The van der Waals surface area contributed by atoms with Gasteiger partial charge in [0.25, 0.3) is 0 Å². The minimum absolute atomic E-state index is 0.00313. The van der Waals surface area contributed by atoms with Gasteiger partial charge < -0.3 is 19.9 Å². The zero-order chi connectivity index (χ0) is 22.7. The Balaban J connectivity index is 1.29. The molecule has 0 saturated carbocycles. The van der Waals surface area contributed by atoms with Gasteiger partial charge in [-0.05, 0) is 26.0 Å². The van der Waals surface area contributed by atoms with Gasteiger partial charge in [0.1, 0.15) is 11.7 Å². The van der Waals surface area contributed by atoms with Crippen LogP contribution in [0.1, 0.15) is 12.5 Å². The highest BCUT2D eigenvalue weighted by Gasteiger charge is 2.44. The first kappa shape index (κ1) is 22.7. The Hall–Kier alpha value is -2.50. The predicted octanol–water partition coefficient (Wildman–Crippen LogP) is 0.299. The van der Waals surface area contributed by atoms with Gasteiger partial charge in [-0.1, -0.05) is 17.7 Å². The number of nitrogens with one attached hydrogen (secondary N) is 3. The van der Waals surface area contributed by atoms with E-state index >= 15 is 0 Å². The van der Waals surface area contributed by atoms with E-state index < -0.39 is 0 Å². The molecule has 3 aliphatic rings. The summed E-state index contributed by atoms with van der Waals surface area (Å²) in [6.45, 7) is 6.61. The zero-order valence-corrected chi connectivity index (χ0v) is 19.2. The summed E-state index contributed by atoms with van der Waals surface area (Å²) in [6, 6.07) is 8.14. The molecule has 3 aliphatic heterocycles. The van der Waals surface area contributed by atoms with Crippen molar-refractivity contribution >= 4 is 35.4 Å². The minimum Gasteiger partial charge on any atom is -0.450 e. The molecule has 1 aromatic carbocycles. The van der Waals surface area contributed by atoms with Crippen molar-refractivity contribution in [2.24, 2.45) is 5.92 Å². The van der Waals surface area contributed by atoms with Crippen molar-refractivity contribution in [3.05, 3.63) is 29.8 Å². The van der Waals surface area contributed by atoms with Crippen LogP contribution in [0.2, 0.25) is 0 Å². The quantitative estimate of drug-likeness (QED) is 0.574. The van der Waals surface area contributed by atoms with Gasteiger partial charge in [0.2, 0.25) is 11.8 Å². The lowest BCUT2D eigenvalue weighted by Crippen LogP contribution is -2.63. The molecule has 3 N–H and O–H groups in total. The van der Waals surface area contributed by atoms with Crippen LogP contribution in [0, 0.1) is 12.8 Å². The summed E-state index contributed by atoms with van der Waals surface area (Å²) in [7, 11) is 0. The Bertz CT molecular complexity index is 845. The fourth-order valence-corrected chi connectivity index (χ4v) is 5.02. The SMILES string of the molecule is CCOC(=O)N1CCN(C(=O)CSC2NC(=O)C3CNN(c4ccc(C)cc4)C3N2)CC1. The second kappa shape index (κ2) is 9.97. The van der Waals surface area contributed by atoms with Gasteiger partial charge in [-0.3, -0.25) is 19.9 Å². The Kier molecular flexibility index (Phi) is 7.07. The molecule has 0 radical (unpaired) electrons. The molecule has 10 nitrogen and oxygen atoms in total. The highest BCUT2D eigenvalue weighted by Crippen LogP contribution is 2.27. The average Bonchev–Trinajstić information content (AvgIpc) is 3.23. The third-order valence-electron chi connectivity index (χ3n) is 5.92. The van der Waals surface area contributed by atoms with Crippen molar-refractivity contribution < 1.29 is 19.1 Å². The van der Waals surface area contributed by atoms with E-state index in [9.17, 15) is 14.4 Å². The van der Waals surface area contributed by atoms with Gasteiger partial charge in [0.05, 0.1) is 24.0 Å². The largest absolute Gasteiger partial charge is 0.450 e. The Morgan fingerprint density at radius 1 is 1.12 bits per heavy atom. The summed E-state index contributed by atoms with van der Waals surface area (Å²) < 4.78 is 5.02. The number of aryl methyl sites for hydroxylation is 1. The maximum Gasteiger partial charge on any atom is 0.409 e. The van der Waals surface area contributed by atoms with Gasteiger partial charge in [0.15, 0.2) is 0 Å². The number of ether oxygens (including phenoxy) is 1. The molecule has 0 bridgehead atoms. The number of fused-ring (bicyclic) bond motifs is 1. The monoisotopic (exact) mass is 462 g/mol. The molecule has 0 aromatic heterocycles. The maximum absolute atomic E-state index is 12.7. The number of rotatable bonds is 5. The molecule has 3 unspecified atom stereocenters. The maximum atomic E-state index is 12.7. The van der Waals surface area contributed by atoms with E-state index in [1.807, 2.05) is 36.2 Å². The summed E-state index contributed by atoms with van der Waals surface area (Å²) in [6.07, 6.45) is -0.520. The third-order valence-corrected chi connectivity index (χ3v) is 6.92. The second-order valence-electron chi connectivity index (χ2n) is 8.05. The van der Waals surface area contributed by atoms with Crippen LogP contribution in [0.3, 0.4) is 0 Å². The van der Waals surface area contributed by atoms with Crippen molar-refractivity contribution in [1.29, 1.82) is 0 Å². The number of carbonyl (C=O) groups is 3. The molecule has 3 heterocycles. The van der Waals surface area contributed by atoms with Crippen LogP contribution in [-0.2, 0) is 14.3 Å². The molecule has 32 heavy (non-hydrogen) atoms. The summed E-state index contributed by atoms with van der Waals surface area (Å²) in [4.78, 5) is 40.5. The predicted molar refractivity (Wildman–Crippen MR) is 122 cm³/mol. The second-order valence-corrected chi connectivity index (χ2v) is 9.15. The lowest BCUT2D eigenvalue weighted by Gasteiger charge is -2.37. The van der Waals surface area contributed by atoms with Gasteiger partial charge in [0, 0.05) is 32.7 Å². The van der Waals surface area contributed by atoms with Crippen molar-refractivity contribution in [3.63, 3.8) is 0 Å². The molecule has 3 atom stereocenters. The summed E-state index contributed by atoms with van der Waals surface area (Å²) >= 11 is 1.37. The van der Waals surface area contributed by atoms with E-state index in [1.165, 1.54) is 17.3 Å². The fraction of sp³-hybridized carbons (Fsp3) is 0.571. The minimum atomic E-state index is -0.360. The molecule has 11 heteroatoms. The first-order chi connectivity index (χ1) is 15.5. The summed E-state index contributed by atoms with van der Waals surface area (Å²) in [5.41, 5.74) is 5.11. The van der Waals surface area contributed by atoms with Crippen LogP contribution in [0.5, 0.6) is 0 Å². The van der Waals surface area contributed by atoms with Gasteiger partial charge in [-0.15, -0.1) is 11.8 Å². The first-order valence-electron chi connectivity index (χ1n) is 10.9. The van der Waals surface area contributed by atoms with Gasteiger partial charge in [-0.25, -0.2) is 10.2 Å². The number of anilines is 1. The van der Waals surface area contributed by atoms with Crippen LogP contribution in [0.25, 0.3) is 0 Å². The molecule has 3 fully saturated rings. The number of thioether (sulfide) groups is 1. The summed E-state index contributed by atoms with van der Waals surface area (Å²) in [5, 5.41) is 8.42. The molecule has 174 valence electrons. The van der Waals surface area contributed by atoms with E-state index in [1.54, 1.807) is 16.7 Å². The van der Waals surface area contributed by atoms with Gasteiger partial charge in [-0.2, -0.15) is 0 Å². The highest BCUT2D eigenvalue weighted by molar-refractivity contribution is 8.00. The zero-order valence-electron chi connectivity index (χ0n) is 18.4. The highest BCUT2D eigenvalue weighted by atomic mass is 32.2. The molecule has 0 aliphatic carbocycles. The Labute approximate surface area is 192 Å². The average molecular weight is 463 g/mol. The molecule has 3 saturated heterocycles. The van der Waals surface area contributed by atoms with Crippen molar-refractivity contribution in [2.45, 2.75) is 25.5 Å². The lowest BCUT2D eigenvalue weighted by atomic mass is 10.0. The first-order valence-corrected chi connectivity index (χ1v) is 12.0. The number of amides is 3. The van der Waals surface area contributed by atoms with Crippen LogP contribution in [0.15, 0.2) is 24.3 Å². The fourth-order valence-electron chi connectivity index (χ4n) is 4.09. The number of piperazine rings is 1. The smallest absolute Gasteiger partial charge is 0.409 e. The van der Waals surface area contributed by atoms with Crippen molar-refractivity contribution in [1.82, 2.24) is 25.9 Å². The van der Waals surface area contributed by atoms with Crippen LogP contribution >= 0.6 is 11.8 Å². The van der Waals surface area contributed by atoms with Crippen LogP contribution in [-0.4, -0.2) is 84.5 Å². The molecule has 1 aromatic rings. The standard InChI is InChI=1S/C21H30N6O4S/c1-3-31-21(30)26-10-8-25(9-11-26)17(28)13-32-20-23-18-16(19(29)24-20)12-22-27(18)15-6-4-14(2)5-7-15/h4-7,16,18,20,22-23H,3,8-13H2,1-2H3,(H,24,29). The number of hydrazine groups is 1. The van der Waals surface area contributed by atoms with E-state index in [0.29, 0.717) is 39.3 Å². The van der Waals surface area contributed by atoms with E-state index in [-0.39, 0.29) is 41.2 Å². The van der Waals surface area contributed by atoms with E-state index in [0.717, 1.165) is 5.69 Å². The van der Waals surface area contributed by atoms with E-state index in [2.05, 4.69) is 16.1 Å². The molecular formula is C21H30N6O4S. The number of hydrogen-bond donors (Lipinski definition) is 3. The van der Waals surface area contributed by atoms with Gasteiger partial charge >= 0.3 is 6.09 Å². The number of hydrogen-bond acceptors (Lipinski definition) is 8. The topological polar surface area (TPSA) is 106 Å². The normalized spacial score (nSPS) is 25.4. The molecule has 0 spiro atoms. The number of carbonyl (C=O) groups excluding carboxylic acids is 3. The van der Waals surface area contributed by atoms with Crippen molar-refractivity contribution in [2.75, 3.05) is 50.1 Å². The summed E-state index contributed by atoms with van der Waals surface area (Å²) in [5.74, 6) is 0.00691.